The molecular weight excluding hydrogens is 338 g/mol. The molecule has 1 unspecified atom stereocenters. The molecule has 2 aromatic heterocycles. The Bertz CT molecular complexity index is 943. The standard InChI is InChI=1S/C18H18ClN5O/c1-23-7-6-20-18(23)24-16(21-17(22-24)11-2-3-11)9-15-14-5-4-13(19)8-12(14)10-25-15/h4-8,11,15H,2-3,9-10H2,1H3. The topological polar surface area (TPSA) is 57.8 Å². The molecule has 0 spiro atoms. The maximum Gasteiger partial charge on any atom is 0.232 e. The molecule has 6 nitrogen and oxygen atoms in total. The van der Waals surface area contributed by atoms with Crippen molar-refractivity contribution >= 4 is 11.6 Å². The Morgan fingerprint density at radius 2 is 2.20 bits per heavy atom. The summed E-state index contributed by atoms with van der Waals surface area (Å²) in [4.78, 5) is 9.25. The quantitative estimate of drug-likeness (QED) is 0.720. The molecule has 1 aliphatic carbocycles. The van der Waals surface area contributed by atoms with Gasteiger partial charge in [0.25, 0.3) is 0 Å². The molecule has 0 amide bonds. The van der Waals surface area contributed by atoms with Crippen molar-refractivity contribution in [3.63, 3.8) is 0 Å². The van der Waals surface area contributed by atoms with E-state index in [0.29, 0.717) is 18.9 Å². The molecule has 2 aliphatic rings. The lowest BCUT2D eigenvalue weighted by Crippen LogP contribution is -2.12. The van der Waals surface area contributed by atoms with Gasteiger partial charge in [0.15, 0.2) is 5.82 Å². The number of halogens is 1. The summed E-state index contributed by atoms with van der Waals surface area (Å²) in [6, 6.07) is 5.95. The van der Waals surface area contributed by atoms with Gasteiger partial charge in [-0.2, -0.15) is 4.68 Å². The van der Waals surface area contributed by atoms with Gasteiger partial charge in [-0.1, -0.05) is 17.7 Å². The fraction of sp³-hybridized carbons (Fsp3) is 0.389. The number of aromatic nitrogens is 5. The second kappa shape index (κ2) is 5.68. The third-order valence-corrected chi connectivity index (χ3v) is 5.11. The van der Waals surface area contributed by atoms with E-state index in [9.17, 15) is 0 Å². The first-order chi connectivity index (χ1) is 12.2. The summed E-state index contributed by atoms with van der Waals surface area (Å²) in [6.45, 7) is 0.590. The molecule has 7 heteroatoms. The minimum atomic E-state index is -0.0254. The monoisotopic (exact) mass is 355 g/mol. The minimum Gasteiger partial charge on any atom is -0.368 e. The Balaban J connectivity index is 1.51. The smallest absolute Gasteiger partial charge is 0.232 e. The Labute approximate surface area is 150 Å². The molecule has 1 aliphatic heterocycles. The van der Waals surface area contributed by atoms with Crippen LogP contribution in [0.3, 0.4) is 0 Å². The highest BCUT2D eigenvalue weighted by atomic mass is 35.5. The summed E-state index contributed by atoms with van der Waals surface area (Å²) >= 11 is 6.09. The van der Waals surface area contributed by atoms with E-state index in [1.54, 1.807) is 6.20 Å². The molecule has 3 aromatic rings. The number of hydrogen-bond donors (Lipinski definition) is 0. The van der Waals surface area contributed by atoms with E-state index in [1.807, 2.05) is 34.6 Å². The normalized spacial score (nSPS) is 19.4. The molecule has 1 atom stereocenters. The Hall–Kier alpha value is -2.18. The average Bonchev–Trinajstić information content (AvgIpc) is 3.05. The summed E-state index contributed by atoms with van der Waals surface area (Å²) in [6.07, 6.45) is 6.68. The molecule has 0 N–H and O–H groups in total. The van der Waals surface area contributed by atoms with Gasteiger partial charge in [0.2, 0.25) is 5.95 Å². The van der Waals surface area contributed by atoms with E-state index in [2.05, 4.69) is 11.1 Å². The van der Waals surface area contributed by atoms with Crippen molar-refractivity contribution in [2.75, 3.05) is 0 Å². The van der Waals surface area contributed by atoms with Crippen molar-refractivity contribution in [3.8, 4) is 5.95 Å². The van der Waals surface area contributed by atoms with Crippen molar-refractivity contribution in [2.24, 2.45) is 7.05 Å². The van der Waals surface area contributed by atoms with E-state index in [-0.39, 0.29) is 6.10 Å². The van der Waals surface area contributed by atoms with Gasteiger partial charge in [-0.15, -0.1) is 5.10 Å². The van der Waals surface area contributed by atoms with Crippen molar-refractivity contribution < 1.29 is 4.74 Å². The van der Waals surface area contributed by atoms with Crippen LogP contribution >= 0.6 is 11.6 Å². The summed E-state index contributed by atoms with van der Waals surface area (Å²) in [5.41, 5.74) is 2.34. The van der Waals surface area contributed by atoms with Gasteiger partial charge >= 0.3 is 0 Å². The number of nitrogens with zero attached hydrogens (tertiary/aromatic N) is 5. The molecule has 0 bridgehead atoms. The Kier molecular flexibility index (Phi) is 3.43. The van der Waals surface area contributed by atoms with Crippen LogP contribution in [0, 0.1) is 0 Å². The summed E-state index contributed by atoms with van der Waals surface area (Å²) < 4.78 is 9.83. The molecule has 0 saturated heterocycles. The summed E-state index contributed by atoms with van der Waals surface area (Å²) in [7, 11) is 1.97. The molecule has 1 aromatic carbocycles. The highest BCUT2D eigenvalue weighted by molar-refractivity contribution is 6.30. The van der Waals surface area contributed by atoms with Crippen molar-refractivity contribution in [3.05, 3.63) is 58.4 Å². The zero-order valence-electron chi connectivity index (χ0n) is 13.9. The first kappa shape index (κ1) is 15.1. The maximum absolute atomic E-state index is 6.09. The third-order valence-electron chi connectivity index (χ3n) is 4.88. The van der Waals surface area contributed by atoms with Crippen LogP contribution in [-0.2, 0) is 24.8 Å². The molecule has 0 radical (unpaired) electrons. The second-order valence-corrected chi connectivity index (χ2v) is 7.19. The molecule has 25 heavy (non-hydrogen) atoms. The predicted octanol–water partition coefficient (Wildman–Crippen LogP) is 3.35. The van der Waals surface area contributed by atoms with Gasteiger partial charge in [-0.25, -0.2) is 9.97 Å². The highest BCUT2D eigenvalue weighted by Crippen LogP contribution is 2.39. The second-order valence-electron chi connectivity index (χ2n) is 6.76. The van der Waals surface area contributed by atoms with E-state index in [1.165, 1.54) is 18.4 Å². The largest absolute Gasteiger partial charge is 0.368 e. The number of aryl methyl sites for hydroxylation is 1. The van der Waals surface area contributed by atoms with Crippen LogP contribution in [0.15, 0.2) is 30.6 Å². The van der Waals surface area contributed by atoms with E-state index < -0.39 is 0 Å². The van der Waals surface area contributed by atoms with Crippen molar-refractivity contribution in [2.45, 2.75) is 37.9 Å². The maximum atomic E-state index is 6.09. The van der Waals surface area contributed by atoms with Gasteiger partial charge in [0.05, 0.1) is 12.7 Å². The summed E-state index contributed by atoms with van der Waals surface area (Å²) in [5.74, 6) is 3.09. The van der Waals surface area contributed by atoms with Crippen LogP contribution in [0.4, 0.5) is 0 Å². The van der Waals surface area contributed by atoms with Crippen LogP contribution < -0.4 is 0 Å². The lowest BCUT2D eigenvalue weighted by molar-refractivity contribution is 0.0647. The fourth-order valence-corrected chi connectivity index (χ4v) is 3.55. The molecule has 3 heterocycles. The number of ether oxygens (including phenoxy) is 1. The van der Waals surface area contributed by atoms with Crippen molar-refractivity contribution in [1.29, 1.82) is 0 Å². The molecule has 128 valence electrons. The van der Waals surface area contributed by atoms with E-state index >= 15 is 0 Å². The third kappa shape index (κ3) is 2.65. The van der Waals surface area contributed by atoms with Gasteiger partial charge in [0.1, 0.15) is 5.82 Å². The number of imidazole rings is 1. The highest BCUT2D eigenvalue weighted by Gasteiger charge is 2.32. The van der Waals surface area contributed by atoms with Gasteiger partial charge < -0.3 is 9.30 Å². The zero-order chi connectivity index (χ0) is 17.0. The molecule has 1 fully saturated rings. The molecule has 5 rings (SSSR count). The first-order valence-electron chi connectivity index (χ1n) is 8.52. The van der Waals surface area contributed by atoms with Crippen LogP contribution in [0.1, 0.15) is 47.6 Å². The van der Waals surface area contributed by atoms with Crippen LogP contribution in [0.2, 0.25) is 5.02 Å². The van der Waals surface area contributed by atoms with Crippen LogP contribution in [-0.4, -0.2) is 24.3 Å². The number of benzene rings is 1. The fourth-order valence-electron chi connectivity index (χ4n) is 3.36. The van der Waals surface area contributed by atoms with E-state index in [4.69, 9.17) is 26.4 Å². The van der Waals surface area contributed by atoms with Gasteiger partial charge in [0, 0.05) is 36.8 Å². The zero-order valence-corrected chi connectivity index (χ0v) is 14.6. The number of hydrogen-bond acceptors (Lipinski definition) is 4. The van der Waals surface area contributed by atoms with Crippen LogP contribution in [0.5, 0.6) is 0 Å². The number of rotatable bonds is 4. The molecule has 1 saturated carbocycles. The Morgan fingerprint density at radius 1 is 1.32 bits per heavy atom. The predicted molar refractivity (Wildman–Crippen MR) is 92.8 cm³/mol. The lowest BCUT2D eigenvalue weighted by Gasteiger charge is -2.11. The average molecular weight is 356 g/mol. The van der Waals surface area contributed by atoms with E-state index in [0.717, 1.165) is 28.2 Å². The van der Waals surface area contributed by atoms with Crippen LogP contribution in [0.25, 0.3) is 5.95 Å². The molecular formula is C18H18ClN5O. The lowest BCUT2D eigenvalue weighted by atomic mass is 10.0. The summed E-state index contributed by atoms with van der Waals surface area (Å²) in [5, 5.41) is 5.48. The number of fused-ring (bicyclic) bond motifs is 1. The minimum absolute atomic E-state index is 0.0254. The van der Waals surface area contributed by atoms with Crippen molar-refractivity contribution in [1.82, 2.24) is 24.3 Å². The van der Waals surface area contributed by atoms with Gasteiger partial charge in [-0.3, -0.25) is 0 Å². The Morgan fingerprint density at radius 3 is 2.96 bits per heavy atom. The van der Waals surface area contributed by atoms with Gasteiger partial charge in [-0.05, 0) is 36.1 Å². The first-order valence-corrected chi connectivity index (χ1v) is 8.90. The SMILES string of the molecule is Cn1ccnc1-n1nc(C2CC2)nc1CC1OCc2cc(Cl)ccc21.